The van der Waals surface area contributed by atoms with Gasteiger partial charge in [-0.1, -0.05) is 80.3 Å². The third kappa shape index (κ3) is 12.8. The molecule has 8 rings (SSSR count). The molecule has 6 aromatic heterocycles. The second-order valence-electron chi connectivity index (χ2n) is 17.8. The minimum atomic E-state index is -1.25. The van der Waals surface area contributed by atoms with Crippen molar-refractivity contribution >= 4 is 76.5 Å². The Kier molecular flexibility index (Phi) is 16.0. The van der Waals surface area contributed by atoms with Gasteiger partial charge in [0.25, 0.3) is 0 Å². The second-order valence-corrected chi connectivity index (χ2v) is 23.4. The number of nitrogen functional groups attached to an aromatic ring is 2. The maximum absolute atomic E-state index is 13.5. The van der Waals surface area contributed by atoms with Gasteiger partial charge in [0.05, 0.1) is 82.4 Å². The lowest BCUT2D eigenvalue weighted by atomic mass is 10.1. The largest absolute Gasteiger partial charge is 0.383 e. The summed E-state index contributed by atoms with van der Waals surface area (Å²) in [5.74, 6) is -2.39. The summed E-state index contributed by atoms with van der Waals surface area (Å²) in [5, 5.41) is 17.6. The Balaban J connectivity index is 0.000000212. The fourth-order valence-electron chi connectivity index (χ4n) is 7.29. The van der Waals surface area contributed by atoms with Crippen molar-refractivity contribution in [3.05, 3.63) is 156 Å². The third-order valence-electron chi connectivity index (χ3n) is 11.3. The number of benzene rings is 2. The zero-order valence-corrected chi connectivity index (χ0v) is 40.7. The molecule has 20 heteroatoms. The molecule has 70 heavy (non-hydrogen) atoms. The first-order valence-corrected chi connectivity index (χ1v) is 26.2. The summed E-state index contributed by atoms with van der Waals surface area (Å²) in [5.41, 5.74) is 18.9. The van der Waals surface area contributed by atoms with Gasteiger partial charge in [0, 0.05) is 40.2 Å². The lowest BCUT2D eigenvalue weighted by Crippen LogP contribution is -2.39. The molecule has 0 aliphatic rings. The van der Waals surface area contributed by atoms with Crippen molar-refractivity contribution in [2.75, 3.05) is 28.7 Å². The van der Waals surface area contributed by atoms with E-state index in [0.29, 0.717) is 51.2 Å². The van der Waals surface area contributed by atoms with E-state index in [-0.39, 0.29) is 44.5 Å². The summed E-state index contributed by atoms with van der Waals surface area (Å²) in [6.45, 7) is 12.5. The zero-order valence-electron chi connectivity index (χ0n) is 39.7. The molecule has 0 unspecified atom stereocenters. The van der Waals surface area contributed by atoms with Crippen molar-refractivity contribution in [2.24, 2.45) is 0 Å². The molecule has 0 saturated carbocycles. The van der Waals surface area contributed by atoms with E-state index in [4.69, 9.17) is 16.2 Å². The summed E-state index contributed by atoms with van der Waals surface area (Å²) < 4.78 is 7.49. The SMILES string of the molecule is Cc1ccccc1CN(Cc1ccccn1)C(=O)C(=O)Nc1cnc(N)c2cn[nH]c12.Cc1ccccc1CN(Cc1ccccn1)C(=O)C(=O)Nc1cnc(N)c2cnn(COCC[Si](C)(C)C)c12. The Morgan fingerprint density at radius 1 is 0.643 bits per heavy atom. The lowest BCUT2D eigenvalue weighted by molar-refractivity contribution is -0.144. The van der Waals surface area contributed by atoms with Gasteiger partial charge in [-0.3, -0.25) is 34.2 Å². The van der Waals surface area contributed by atoms with Crippen LogP contribution in [0.15, 0.2) is 122 Å². The van der Waals surface area contributed by atoms with E-state index in [0.717, 1.165) is 28.3 Å². The molecule has 7 N–H and O–H groups in total. The standard InChI is InChI=1S/C28H35N7O3Si.C22H21N7O2/c1-20-9-5-6-10-21(20)17-34(18-22-11-7-8-12-30-22)28(37)27(36)33-24-16-31-26(29)23-15-32-35(25(23)24)19-38-13-14-39(2,3)4;1-14-6-2-3-7-15(14)12-29(13-16-8-4-5-9-24-16)22(31)21(30)27-18-11-25-20(23)17-10-26-28-19(17)18/h5-12,15-16H,13-14,17-19H2,1-4H3,(H2,29,31)(H,33,36);2-11H,12-13H2,1H3,(H2,23,25)(H,26,28)(H,27,30). The highest BCUT2D eigenvalue weighted by Gasteiger charge is 2.27. The van der Waals surface area contributed by atoms with E-state index in [9.17, 15) is 19.2 Å². The monoisotopic (exact) mass is 960 g/mol. The normalized spacial score (nSPS) is 11.2. The number of fused-ring (bicyclic) bond motifs is 2. The quantitative estimate of drug-likeness (QED) is 0.0412. The van der Waals surface area contributed by atoms with Crippen LogP contribution in [-0.2, 0) is 56.8 Å². The first-order chi connectivity index (χ1) is 33.6. The van der Waals surface area contributed by atoms with Gasteiger partial charge in [-0.2, -0.15) is 10.2 Å². The molecule has 2 aromatic carbocycles. The van der Waals surface area contributed by atoms with Gasteiger partial charge in [-0.25, -0.2) is 14.6 Å². The number of H-pyrrole nitrogens is 1. The predicted octanol–water partition coefficient (Wildman–Crippen LogP) is 6.61. The Labute approximate surface area is 405 Å². The maximum Gasteiger partial charge on any atom is 0.314 e. The van der Waals surface area contributed by atoms with Crippen LogP contribution in [0.3, 0.4) is 0 Å². The molecule has 8 aromatic rings. The first kappa shape index (κ1) is 49.5. The van der Waals surface area contributed by atoms with E-state index < -0.39 is 31.7 Å². The van der Waals surface area contributed by atoms with E-state index in [1.807, 2.05) is 86.6 Å². The van der Waals surface area contributed by atoms with Crippen molar-refractivity contribution in [1.29, 1.82) is 0 Å². The van der Waals surface area contributed by atoms with Crippen LogP contribution >= 0.6 is 0 Å². The average Bonchev–Trinajstić information content (AvgIpc) is 4.03. The molecular weight excluding hydrogens is 905 g/mol. The summed E-state index contributed by atoms with van der Waals surface area (Å²) >= 11 is 0. The molecule has 0 aliphatic carbocycles. The van der Waals surface area contributed by atoms with Crippen LogP contribution in [0, 0.1) is 13.8 Å². The summed E-state index contributed by atoms with van der Waals surface area (Å²) in [4.78, 5) is 72.6. The second kappa shape index (κ2) is 22.6. The van der Waals surface area contributed by atoms with Gasteiger partial charge in [-0.15, -0.1) is 0 Å². The zero-order chi connectivity index (χ0) is 49.8. The molecule has 360 valence electrons. The Morgan fingerprint density at radius 2 is 1.16 bits per heavy atom. The van der Waals surface area contributed by atoms with Crippen molar-refractivity contribution < 1.29 is 23.9 Å². The Hall–Kier alpha value is -8.36. The molecule has 0 fully saturated rings. The van der Waals surface area contributed by atoms with Gasteiger partial charge in [0.1, 0.15) is 18.4 Å². The van der Waals surface area contributed by atoms with E-state index in [2.05, 4.69) is 65.5 Å². The fraction of sp³-hybridized carbons (Fsp3) is 0.240. The lowest BCUT2D eigenvalue weighted by Gasteiger charge is -2.23. The minimum Gasteiger partial charge on any atom is -0.383 e. The molecule has 0 bridgehead atoms. The molecule has 0 radical (unpaired) electrons. The number of carbonyl (C=O) groups is 4. The highest BCUT2D eigenvalue weighted by molar-refractivity contribution is 6.76. The Morgan fingerprint density at radius 3 is 1.69 bits per heavy atom. The van der Waals surface area contributed by atoms with Crippen molar-refractivity contribution in [1.82, 2.24) is 49.7 Å². The Bertz CT molecular complexity index is 3100. The van der Waals surface area contributed by atoms with Gasteiger partial charge >= 0.3 is 23.6 Å². The molecule has 0 aliphatic heterocycles. The summed E-state index contributed by atoms with van der Waals surface area (Å²) in [7, 11) is -1.25. The number of aromatic nitrogens is 8. The molecule has 6 heterocycles. The number of carbonyl (C=O) groups excluding carboxylic acids is 4. The number of nitrogens with two attached hydrogens (primary N) is 2. The average molecular weight is 961 g/mol. The van der Waals surface area contributed by atoms with Gasteiger partial charge in [0.15, 0.2) is 0 Å². The van der Waals surface area contributed by atoms with Crippen LogP contribution in [0.2, 0.25) is 25.7 Å². The summed E-state index contributed by atoms with van der Waals surface area (Å²) in [6.07, 6.45) is 9.25. The first-order valence-electron chi connectivity index (χ1n) is 22.5. The topological polar surface area (TPSA) is 258 Å². The number of hydrogen-bond donors (Lipinski definition) is 5. The third-order valence-corrected chi connectivity index (χ3v) is 13.0. The highest BCUT2D eigenvalue weighted by Crippen LogP contribution is 2.28. The van der Waals surface area contributed by atoms with Crippen molar-refractivity contribution in [2.45, 2.75) is 72.4 Å². The van der Waals surface area contributed by atoms with Crippen LogP contribution in [0.1, 0.15) is 33.6 Å². The number of anilines is 4. The van der Waals surface area contributed by atoms with Crippen LogP contribution in [0.4, 0.5) is 23.0 Å². The molecule has 0 atom stereocenters. The van der Waals surface area contributed by atoms with Gasteiger partial charge in [-0.05, 0) is 66.4 Å². The number of pyridine rings is 4. The van der Waals surface area contributed by atoms with Gasteiger partial charge < -0.3 is 36.6 Å². The maximum atomic E-state index is 13.5. The number of hydrogen-bond acceptors (Lipinski definition) is 13. The van der Waals surface area contributed by atoms with E-state index in [1.165, 1.54) is 28.4 Å². The smallest absolute Gasteiger partial charge is 0.314 e. The predicted molar refractivity (Wildman–Crippen MR) is 271 cm³/mol. The highest BCUT2D eigenvalue weighted by atomic mass is 28.3. The molecule has 4 amide bonds. The minimum absolute atomic E-state index is 0.180. The molecule has 0 saturated heterocycles. The van der Waals surface area contributed by atoms with Crippen LogP contribution in [0.25, 0.3) is 21.8 Å². The van der Waals surface area contributed by atoms with Crippen molar-refractivity contribution in [3.63, 3.8) is 0 Å². The van der Waals surface area contributed by atoms with E-state index >= 15 is 0 Å². The summed E-state index contributed by atoms with van der Waals surface area (Å²) in [6, 6.07) is 27.5. The van der Waals surface area contributed by atoms with Gasteiger partial charge in [0.2, 0.25) is 0 Å². The number of nitrogens with one attached hydrogen (secondary N) is 3. The molecular formula is C50H56N14O5Si. The molecule has 0 spiro atoms. The number of rotatable bonds is 15. The van der Waals surface area contributed by atoms with Crippen LogP contribution in [-0.4, -0.2) is 88.0 Å². The molecule has 19 nitrogen and oxygen atoms in total. The fourth-order valence-corrected chi connectivity index (χ4v) is 8.04. The number of aromatic amines is 1. The number of ether oxygens (including phenoxy) is 1. The van der Waals surface area contributed by atoms with E-state index in [1.54, 1.807) is 35.4 Å². The van der Waals surface area contributed by atoms with Crippen LogP contribution < -0.4 is 22.1 Å². The van der Waals surface area contributed by atoms with Crippen molar-refractivity contribution in [3.8, 4) is 0 Å². The number of aryl methyl sites for hydroxylation is 2. The van der Waals surface area contributed by atoms with Crippen LogP contribution in [0.5, 0.6) is 0 Å². The number of nitrogens with zero attached hydrogens (tertiary/aromatic N) is 9. The number of amides is 4.